The minimum atomic E-state index is -1.29. The molecule has 2 bridgehead atoms. The van der Waals surface area contributed by atoms with Crippen molar-refractivity contribution >= 4 is 47.6 Å². The zero-order valence-corrected chi connectivity index (χ0v) is 23.8. The highest BCUT2D eigenvalue weighted by atomic mass is 16.2. The van der Waals surface area contributed by atoms with E-state index in [9.17, 15) is 19.2 Å². The molecule has 6 rings (SSSR count). The Morgan fingerprint density at radius 3 is 2.49 bits per heavy atom. The molecule has 0 aliphatic carbocycles. The minimum absolute atomic E-state index is 0.0607. The largest absolute Gasteiger partial charge is 0.436 e. The number of amidine groups is 1. The Kier molecular flexibility index (Phi) is 6.57. The van der Waals surface area contributed by atoms with E-state index in [2.05, 4.69) is 44.0 Å². The number of nitrogens with zero attached hydrogens (tertiary/aromatic N) is 6. The van der Waals surface area contributed by atoms with E-state index in [1.54, 1.807) is 31.5 Å². The summed E-state index contributed by atoms with van der Waals surface area (Å²) in [5.41, 5.74) is 8.30. The molecule has 3 aromatic heterocycles. The topological polar surface area (TPSA) is 191 Å². The lowest BCUT2D eigenvalue weighted by atomic mass is 9.85. The van der Waals surface area contributed by atoms with Crippen molar-refractivity contribution in [3.05, 3.63) is 54.3 Å². The summed E-state index contributed by atoms with van der Waals surface area (Å²) in [6.45, 7) is 10.2. The molecule has 3 saturated heterocycles. The second-order valence-electron chi connectivity index (χ2n) is 11.2. The molecular weight excluding hydrogens is 552 g/mol. The first kappa shape index (κ1) is 27.8. The molecule has 3 atom stereocenters. The normalized spacial score (nSPS) is 24.3. The Morgan fingerprint density at radius 2 is 1.93 bits per heavy atom. The number of fused-ring (bicyclic) bond motifs is 3. The van der Waals surface area contributed by atoms with Gasteiger partial charge in [-0.1, -0.05) is 12.6 Å². The average molecular weight is 584 g/mol. The molecule has 6 heterocycles. The third-order valence-corrected chi connectivity index (χ3v) is 8.65. The van der Waals surface area contributed by atoms with E-state index in [1.807, 2.05) is 4.90 Å². The van der Waals surface area contributed by atoms with Gasteiger partial charge in [-0.05, 0) is 45.6 Å². The van der Waals surface area contributed by atoms with Gasteiger partial charge in [-0.3, -0.25) is 24.7 Å². The van der Waals surface area contributed by atoms with Gasteiger partial charge in [-0.25, -0.2) is 19.8 Å². The molecule has 0 saturated carbocycles. The number of pyridine rings is 1. The van der Waals surface area contributed by atoms with Crippen LogP contribution in [-0.2, 0) is 15.1 Å². The predicted octanol–water partition coefficient (Wildman–Crippen LogP) is 0.767. The number of anilines is 1. The third kappa shape index (κ3) is 4.34. The highest BCUT2D eigenvalue weighted by Gasteiger charge is 2.48. The smallest absolute Gasteiger partial charge is 0.383 e. The fourth-order valence-corrected chi connectivity index (χ4v) is 6.59. The van der Waals surface area contributed by atoms with E-state index >= 15 is 0 Å². The van der Waals surface area contributed by atoms with Crippen LogP contribution in [0.5, 0.6) is 0 Å². The second kappa shape index (κ2) is 10.2. The number of nitrogens with two attached hydrogens (primary N) is 1. The number of amides is 4. The van der Waals surface area contributed by atoms with Gasteiger partial charge < -0.3 is 16.0 Å². The van der Waals surface area contributed by atoms with Crippen molar-refractivity contribution in [3.63, 3.8) is 0 Å². The fraction of sp³-hybridized carbons (Fsp3) is 0.345. The number of imide groups is 1. The maximum absolute atomic E-state index is 13.3. The Labute approximate surface area is 246 Å². The zero-order chi connectivity index (χ0) is 30.6. The molecule has 4 amide bonds. The van der Waals surface area contributed by atoms with E-state index in [-0.39, 0.29) is 41.3 Å². The summed E-state index contributed by atoms with van der Waals surface area (Å²) in [6.07, 6.45) is 7.44. The van der Waals surface area contributed by atoms with Crippen LogP contribution < -0.4 is 26.4 Å². The number of hydrogen-bond donors (Lipinski definition) is 4. The van der Waals surface area contributed by atoms with E-state index in [1.165, 1.54) is 17.6 Å². The van der Waals surface area contributed by atoms with Gasteiger partial charge in [-0.15, -0.1) is 0 Å². The number of urea groups is 1. The highest BCUT2D eigenvalue weighted by Crippen LogP contribution is 2.44. The van der Waals surface area contributed by atoms with Crippen LogP contribution in [0, 0.1) is 0 Å². The van der Waals surface area contributed by atoms with Gasteiger partial charge in [0.2, 0.25) is 0 Å². The van der Waals surface area contributed by atoms with Crippen LogP contribution in [0.2, 0.25) is 0 Å². The number of carbonyl (C=O) groups is 4. The molecule has 3 unspecified atom stereocenters. The van der Waals surface area contributed by atoms with E-state index < -0.39 is 17.5 Å². The molecule has 43 heavy (non-hydrogen) atoms. The van der Waals surface area contributed by atoms with Crippen LogP contribution in [0.25, 0.3) is 16.8 Å². The minimum Gasteiger partial charge on any atom is -0.383 e. The van der Waals surface area contributed by atoms with Crippen LogP contribution in [0.1, 0.15) is 67.2 Å². The maximum Gasteiger partial charge on any atom is 0.436 e. The molecule has 5 N–H and O–H groups in total. The first-order valence-electron chi connectivity index (χ1n) is 13.9. The number of rotatable bonds is 5. The number of piperidine rings is 1. The molecule has 3 aliphatic heterocycles. The number of nitrogen functional groups attached to an aromatic ring is 1. The van der Waals surface area contributed by atoms with Crippen LogP contribution >= 0.6 is 0 Å². The summed E-state index contributed by atoms with van der Waals surface area (Å²) in [5, 5.41) is 12.0. The van der Waals surface area contributed by atoms with Crippen molar-refractivity contribution in [3.8, 4) is 11.1 Å². The van der Waals surface area contributed by atoms with Crippen molar-refractivity contribution in [2.24, 2.45) is 0 Å². The van der Waals surface area contributed by atoms with Gasteiger partial charge in [0.05, 0.1) is 29.3 Å². The molecule has 14 heteroatoms. The van der Waals surface area contributed by atoms with E-state index in [0.717, 1.165) is 12.8 Å². The Balaban J connectivity index is 1.36. The van der Waals surface area contributed by atoms with E-state index in [0.29, 0.717) is 46.6 Å². The van der Waals surface area contributed by atoms with Gasteiger partial charge in [0.15, 0.2) is 23.7 Å². The summed E-state index contributed by atoms with van der Waals surface area (Å²) in [4.78, 5) is 61.5. The van der Waals surface area contributed by atoms with Gasteiger partial charge in [0, 0.05) is 35.3 Å². The first-order chi connectivity index (χ1) is 20.6. The predicted molar refractivity (Wildman–Crippen MR) is 158 cm³/mol. The number of hydrogen-bond acceptors (Lipinski definition) is 8. The first-order valence-corrected chi connectivity index (χ1v) is 13.9. The standard InChI is InChI=1S/C29H30N10O4/c1-5-32-24(31-4)26(41)38-17-7-8-18(38)11-16(10-17)22-21(14(2)40)23(30)39-25(35-22)19(13-34-39)15-6-9-20(33-12-15)29(3)27(42)36-28(43)37-29/h5-6,9,12-13,16-18H,1,4,7-8,10-11H2,2-3H3,(H4,30,34,35,36,37,40,42,43)/p+1. The number of ketones is 1. The summed E-state index contributed by atoms with van der Waals surface area (Å²) in [5.74, 6) is -0.734. The van der Waals surface area contributed by atoms with Gasteiger partial charge in [0.1, 0.15) is 5.82 Å². The molecule has 3 fully saturated rings. The number of nitrogens with one attached hydrogen (secondary N) is 3. The van der Waals surface area contributed by atoms with Crippen molar-refractivity contribution < 1.29 is 19.2 Å². The van der Waals surface area contributed by atoms with E-state index in [4.69, 9.17) is 10.7 Å². The molecule has 0 radical (unpaired) electrons. The summed E-state index contributed by atoms with van der Waals surface area (Å²) < 4.78 is 5.29. The maximum atomic E-state index is 13.3. The summed E-state index contributed by atoms with van der Waals surface area (Å²) in [6, 6.07) is 2.72. The molecule has 0 spiro atoms. The Morgan fingerprint density at radius 1 is 1.21 bits per heavy atom. The zero-order valence-electron chi connectivity index (χ0n) is 23.8. The van der Waals surface area contributed by atoms with Crippen molar-refractivity contribution in [1.29, 1.82) is 0 Å². The Bertz CT molecular complexity index is 1760. The van der Waals surface area contributed by atoms with Crippen LogP contribution in [0.3, 0.4) is 0 Å². The van der Waals surface area contributed by atoms with Gasteiger partial charge in [0.25, 0.3) is 5.91 Å². The lowest BCUT2D eigenvalue weighted by Gasteiger charge is -2.38. The lowest BCUT2D eigenvalue weighted by molar-refractivity contribution is -0.128. The van der Waals surface area contributed by atoms with Gasteiger partial charge in [-0.2, -0.15) is 9.61 Å². The third-order valence-electron chi connectivity index (χ3n) is 8.65. The SMILES string of the molecule is C=CNC(=[N+]=C)C(=O)N1C2CCC1CC(c1nc3c(-c4ccc(C5(C)NC(=O)NC5=O)nc4)cnn3c(N)c1C(C)=O)C2. The number of Topliss-reactive ketones (excluding diaryl/α,β-unsaturated/α-hetero) is 1. The van der Waals surface area contributed by atoms with Gasteiger partial charge >= 0.3 is 17.8 Å². The van der Waals surface area contributed by atoms with Crippen LogP contribution in [0.15, 0.2) is 37.3 Å². The summed E-state index contributed by atoms with van der Waals surface area (Å²) >= 11 is 0. The quantitative estimate of drug-likeness (QED) is 0.110. The van der Waals surface area contributed by atoms with Crippen LogP contribution in [0.4, 0.5) is 10.6 Å². The van der Waals surface area contributed by atoms with Crippen molar-refractivity contribution in [2.45, 2.75) is 63.1 Å². The lowest BCUT2D eigenvalue weighted by Crippen LogP contribution is -2.51. The monoisotopic (exact) mass is 583 g/mol. The molecule has 220 valence electrons. The summed E-state index contributed by atoms with van der Waals surface area (Å²) in [7, 11) is 0. The molecule has 0 aromatic carbocycles. The molecule has 3 aromatic rings. The van der Waals surface area contributed by atoms with Crippen molar-refractivity contribution in [2.75, 3.05) is 5.73 Å². The molecule has 3 aliphatic rings. The average Bonchev–Trinajstić information content (AvgIpc) is 3.61. The number of carbonyl (C=O) groups excluding carboxylic acids is 4. The van der Waals surface area contributed by atoms with Crippen LogP contribution in [-0.4, -0.2) is 72.7 Å². The van der Waals surface area contributed by atoms with Crippen molar-refractivity contribution in [1.82, 2.24) is 45.1 Å². The Hall–Kier alpha value is -5.36. The molecule has 14 nitrogen and oxygen atoms in total. The fourth-order valence-electron chi connectivity index (χ4n) is 6.59. The highest BCUT2D eigenvalue weighted by molar-refractivity contribution is 6.37. The number of aromatic nitrogens is 4. The molecular formula is C29H31N10O4+. The second-order valence-corrected chi connectivity index (χ2v) is 11.2.